The Balaban J connectivity index is 1.74. The van der Waals surface area contributed by atoms with Crippen molar-refractivity contribution in [3.05, 3.63) is 69.7 Å². The van der Waals surface area contributed by atoms with Crippen LogP contribution in [-0.4, -0.2) is 61.1 Å². The summed E-state index contributed by atoms with van der Waals surface area (Å²) in [6.07, 6.45) is 0.183. The van der Waals surface area contributed by atoms with Crippen LogP contribution in [0.15, 0.2) is 48.5 Å². The first-order valence-corrected chi connectivity index (χ1v) is 15.6. The first-order valence-electron chi connectivity index (χ1n) is 13.1. The molecule has 2 aromatic rings. The third-order valence-corrected chi connectivity index (χ3v) is 10.4. The first-order chi connectivity index (χ1) is 18.2. The highest BCUT2D eigenvalue weighted by Gasteiger charge is 2.52. The standard InChI is InChI=1S/C29H35Cl2NO6S/c1-19(11-12-39(36,37)18-28(2)16-38-17-28)32-26(20-7-9-22(30)10-8-20)24(21-5-4-6-23(31)13-21)14-29(3,27(32)35)15-25(33)34/h4-10,13,19,24,26H,11-12,14-18H2,1-3H3,(H,33,34). The zero-order valence-corrected chi connectivity index (χ0v) is 24.7. The average Bonchev–Trinajstić information content (AvgIpc) is 2.83. The second-order valence-electron chi connectivity index (χ2n) is 11.7. The van der Waals surface area contributed by atoms with Crippen molar-refractivity contribution in [3.63, 3.8) is 0 Å². The average molecular weight is 597 g/mol. The molecule has 0 spiro atoms. The summed E-state index contributed by atoms with van der Waals surface area (Å²) in [5.41, 5.74) is 0.149. The molecule has 2 aliphatic heterocycles. The highest BCUT2D eigenvalue weighted by atomic mass is 35.5. The number of hydrogen-bond acceptors (Lipinski definition) is 5. The summed E-state index contributed by atoms with van der Waals surface area (Å²) in [6, 6.07) is 13.7. The smallest absolute Gasteiger partial charge is 0.304 e. The van der Waals surface area contributed by atoms with E-state index in [2.05, 4.69) is 0 Å². The molecule has 2 saturated heterocycles. The van der Waals surface area contributed by atoms with E-state index < -0.39 is 33.3 Å². The van der Waals surface area contributed by atoms with Crippen LogP contribution in [0.5, 0.6) is 0 Å². The number of piperidine rings is 1. The van der Waals surface area contributed by atoms with Gasteiger partial charge in [-0.3, -0.25) is 9.59 Å². The molecule has 1 N–H and O–H groups in total. The number of carboxylic acids is 1. The first kappa shape index (κ1) is 29.8. The Labute approximate surface area is 240 Å². The number of carboxylic acid groups (broad SMARTS) is 1. The van der Waals surface area contributed by atoms with Crippen LogP contribution < -0.4 is 0 Å². The quantitative estimate of drug-likeness (QED) is 0.374. The van der Waals surface area contributed by atoms with Crippen LogP contribution in [0.3, 0.4) is 0 Å². The maximum atomic E-state index is 14.2. The minimum atomic E-state index is -3.41. The molecule has 0 radical (unpaired) electrons. The largest absolute Gasteiger partial charge is 0.481 e. The van der Waals surface area contributed by atoms with E-state index >= 15 is 0 Å². The summed E-state index contributed by atoms with van der Waals surface area (Å²) in [7, 11) is -3.41. The van der Waals surface area contributed by atoms with Gasteiger partial charge in [-0.2, -0.15) is 0 Å². The Morgan fingerprint density at radius 2 is 1.77 bits per heavy atom. The Morgan fingerprint density at radius 1 is 1.10 bits per heavy atom. The number of rotatable bonds is 10. The lowest BCUT2D eigenvalue weighted by atomic mass is 9.67. The molecular formula is C29H35Cl2NO6S. The summed E-state index contributed by atoms with van der Waals surface area (Å²) in [6.45, 7) is 6.26. The molecular weight excluding hydrogens is 561 g/mol. The second kappa shape index (κ2) is 11.4. The van der Waals surface area contributed by atoms with E-state index in [0.29, 0.717) is 29.7 Å². The highest BCUT2D eigenvalue weighted by molar-refractivity contribution is 7.91. The van der Waals surface area contributed by atoms with Gasteiger partial charge in [0.2, 0.25) is 5.91 Å². The van der Waals surface area contributed by atoms with E-state index in [4.69, 9.17) is 27.9 Å². The van der Waals surface area contributed by atoms with E-state index in [1.165, 1.54) is 0 Å². The monoisotopic (exact) mass is 595 g/mol. The second-order valence-corrected chi connectivity index (χ2v) is 14.8. The van der Waals surface area contributed by atoms with Gasteiger partial charge in [-0.1, -0.05) is 61.3 Å². The van der Waals surface area contributed by atoms with Gasteiger partial charge in [0.1, 0.15) is 0 Å². The zero-order valence-electron chi connectivity index (χ0n) is 22.4. The predicted molar refractivity (Wildman–Crippen MR) is 152 cm³/mol. The molecule has 4 unspecified atom stereocenters. The van der Waals surface area contributed by atoms with Crippen LogP contribution in [-0.2, 0) is 24.2 Å². The van der Waals surface area contributed by atoms with Crippen molar-refractivity contribution in [2.75, 3.05) is 24.7 Å². The van der Waals surface area contributed by atoms with Gasteiger partial charge < -0.3 is 14.7 Å². The highest BCUT2D eigenvalue weighted by Crippen LogP contribution is 2.52. The van der Waals surface area contributed by atoms with E-state index in [1.54, 1.807) is 30.0 Å². The number of halogens is 2. The lowest BCUT2D eigenvalue weighted by molar-refractivity contribution is -0.160. The van der Waals surface area contributed by atoms with E-state index in [1.807, 2.05) is 44.2 Å². The van der Waals surface area contributed by atoms with Gasteiger partial charge in [-0.15, -0.1) is 0 Å². The minimum absolute atomic E-state index is 0.0309. The Bertz CT molecular complexity index is 1330. The molecule has 4 atom stereocenters. The van der Waals surface area contributed by atoms with Crippen molar-refractivity contribution in [3.8, 4) is 0 Å². The third-order valence-electron chi connectivity index (χ3n) is 7.92. The molecule has 2 fully saturated rings. The maximum absolute atomic E-state index is 14.2. The SMILES string of the molecule is CC(CCS(=O)(=O)CC1(C)COC1)N1C(=O)C(C)(CC(=O)O)CC(c2cccc(Cl)c2)C1c1ccc(Cl)cc1. The number of nitrogens with zero attached hydrogens (tertiary/aromatic N) is 1. The van der Waals surface area contributed by atoms with Crippen molar-refractivity contribution in [1.29, 1.82) is 0 Å². The lowest BCUT2D eigenvalue weighted by Crippen LogP contribution is -2.55. The molecule has 0 bridgehead atoms. The van der Waals surface area contributed by atoms with Gasteiger partial charge >= 0.3 is 5.97 Å². The molecule has 7 nitrogen and oxygen atoms in total. The van der Waals surface area contributed by atoms with Crippen molar-refractivity contribution in [2.45, 2.75) is 58.0 Å². The number of ether oxygens (including phenoxy) is 1. The maximum Gasteiger partial charge on any atom is 0.304 e. The van der Waals surface area contributed by atoms with Crippen LogP contribution in [0, 0.1) is 10.8 Å². The lowest BCUT2D eigenvalue weighted by Gasteiger charge is -2.51. The van der Waals surface area contributed by atoms with Crippen molar-refractivity contribution in [2.24, 2.45) is 10.8 Å². The summed E-state index contributed by atoms with van der Waals surface area (Å²) >= 11 is 12.5. The van der Waals surface area contributed by atoms with Crippen LogP contribution in [0.2, 0.25) is 10.0 Å². The van der Waals surface area contributed by atoms with Crippen molar-refractivity contribution >= 4 is 44.9 Å². The number of benzene rings is 2. The van der Waals surface area contributed by atoms with Gasteiger partial charge in [0.05, 0.1) is 42.6 Å². The fourth-order valence-electron chi connectivity index (χ4n) is 5.99. The predicted octanol–water partition coefficient (Wildman–Crippen LogP) is 5.76. The summed E-state index contributed by atoms with van der Waals surface area (Å²) < 4.78 is 31.3. The van der Waals surface area contributed by atoms with Gasteiger partial charge in [-0.25, -0.2) is 8.42 Å². The fourth-order valence-corrected chi connectivity index (χ4v) is 8.39. The number of carbonyl (C=O) groups excluding carboxylic acids is 1. The molecule has 2 heterocycles. The van der Waals surface area contributed by atoms with Gasteiger partial charge in [0.15, 0.2) is 9.84 Å². The molecule has 10 heteroatoms. The number of amides is 1. The number of carbonyl (C=O) groups is 2. The number of aliphatic carboxylic acids is 1. The zero-order chi connectivity index (χ0) is 28.6. The molecule has 1 amide bonds. The number of likely N-dealkylation sites (tertiary alicyclic amines) is 1. The molecule has 2 aliphatic rings. The normalized spacial score (nSPS) is 25.7. The van der Waals surface area contributed by atoms with Crippen LogP contribution in [0.25, 0.3) is 0 Å². The summed E-state index contributed by atoms with van der Waals surface area (Å²) in [5.74, 6) is -1.70. The van der Waals surface area contributed by atoms with Crippen LogP contribution >= 0.6 is 23.2 Å². The van der Waals surface area contributed by atoms with E-state index in [0.717, 1.165) is 11.1 Å². The van der Waals surface area contributed by atoms with Crippen LogP contribution in [0.4, 0.5) is 0 Å². The molecule has 0 aliphatic carbocycles. The summed E-state index contributed by atoms with van der Waals surface area (Å²) in [5, 5.41) is 10.8. The van der Waals surface area contributed by atoms with Crippen molar-refractivity contribution < 1.29 is 27.9 Å². The molecule has 212 valence electrons. The number of sulfone groups is 1. The molecule has 4 rings (SSSR count). The molecule has 2 aromatic carbocycles. The molecule has 39 heavy (non-hydrogen) atoms. The molecule has 0 aromatic heterocycles. The van der Waals surface area contributed by atoms with Crippen LogP contribution in [0.1, 0.15) is 63.1 Å². The Morgan fingerprint density at radius 3 is 2.33 bits per heavy atom. The minimum Gasteiger partial charge on any atom is -0.481 e. The number of hydrogen-bond donors (Lipinski definition) is 1. The van der Waals surface area contributed by atoms with E-state index in [-0.39, 0.29) is 41.6 Å². The Kier molecular flexibility index (Phi) is 8.72. The van der Waals surface area contributed by atoms with Crippen molar-refractivity contribution in [1.82, 2.24) is 4.90 Å². The van der Waals surface area contributed by atoms with E-state index in [9.17, 15) is 23.1 Å². The fraction of sp³-hybridized carbons (Fsp3) is 0.517. The van der Waals surface area contributed by atoms with Gasteiger partial charge in [-0.05, 0) is 55.2 Å². The Hall–Kier alpha value is -2.13. The third kappa shape index (κ3) is 6.79. The summed E-state index contributed by atoms with van der Waals surface area (Å²) in [4.78, 5) is 27.8. The van der Waals surface area contributed by atoms with Gasteiger partial charge in [0.25, 0.3) is 0 Å². The van der Waals surface area contributed by atoms with Gasteiger partial charge in [0, 0.05) is 27.4 Å². The molecule has 0 saturated carbocycles. The topological polar surface area (TPSA) is 101 Å².